The maximum absolute atomic E-state index is 14.3. The van der Waals surface area contributed by atoms with Crippen LogP contribution in [0.4, 0.5) is 4.39 Å². The molecule has 2 fully saturated rings. The molecular formula is C26H41F. The lowest BCUT2D eigenvalue weighted by molar-refractivity contribution is 0.262. The molecule has 0 spiro atoms. The Morgan fingerprint density at radius 2 is 1.41 bits per heavy atom. The van der Waals surface area contributed by atoms with Crippen molar-refractivity contribution in [3.63, 3.8) is 0 Å². The molecule has 0 heterocycles. The van der Waals surface area contributed by atoms with Gasteiger partial charge in [0.05, 0.1) is 0 Å². The number of benzene rings is 1. The van der Waals surface area contributed by atoms with E-state index in [0.29, 0.717) is 5.92 Å². The zero-order valence-corrected chi connectivity index (χ0v) is 18.0. The van der Waals surface area contributed by atoms with E-state index < -0.39 is 0 Å². The summed E-state index contributed by atoms with van der Waals surface area (Å²) in [6.07, 6.45) is 17.7. The third kappa shape index (κ3) is 5.81. The third-order valence-corrected chi connectivity index (χ3v) is 7.72. The SMILES string of the molecule is CCc1c(C)cc(C2CCC(CCCCC3CCC(C)CC3)CC2)cc1F. The first kappa shape index (κ1) is 20.9. The van der Waals surface area contributed by atoms with E-state index in [1.165, 1.54) is 82.6 Å². The average molecular weight is 373 g/mol. The van der Waals surface area contributed by atoms with Gasteiger partial charge in [0, 0.05) is 0 Å². The van der Waals surface area contributed by atoms with Crippen LogP contribution in [0.25, 0.3) is 0 Å². The Morgan fingerprint density at radius 3 is 1.93 bits per heavy atom. The number of unbranched alkanes of at least 4 members (excludes halogenated alkanes) is 1. The highest BCUT2D eigenvalue weighted by Gasteiger charge is 2.24. The fourth-order valence-corrected chi connectivity index (χ4v) is 5.75. The summed E-state index contributed by atoms with van der Waals surface area (Å²) in [6.45, 7) is 6.54. The lowest BCUT2D eigenvalue weighted by atomic mass is 9.76. The van der Waals surface area contributed by atoms with Crippen LogP contribution in [0.3, 0.4) is 0 Å². The summed E-state index contributed by atoms with van der Waals surface area (Å²) >= 11 is 0. The van der Waals surface area contributed by atoms with Gasteiger partial charge < -0.3 is 0 Å². The van der Waals surface area contributed by atoms with Gasteiger partial charge in [-0.2, -0.15) is 0 Å². The number of rotatable bonds is 7. The number of hydrogen-bond acceptors (Lipinski definition) is 0. The van der Waals surface area contributed by atoms with Gasteiger partial charge in [0.1, 0.15) is 5.82 Å². The van der Waals surface area contributed by atoms with Crippen LogP contribution in [0.5, 0.6) is 0 Å². The lowest BCUT2D eigenvalue weighted by Gasteiger charge is -2.30. The quantitative estimate of drug-likeness (QED) is 0.422. The van der Waals surface area contributed by atoms with Gasteiger partial charge >= 0.3 is 0 Å². The predicted octanol–water partition coefficient (Wildman–Crippen LogP) is 8.36. The topological polar surface area (TPSA) is 0 Å². The van der Waals surface area contributed by atoms with Crippen molar-refractivity contribution in [3.05, 3.63) is 34.6 Å². The molecule has 0 aliphatic heterocycles. The molecule has 0 atom stereocenters. The summed E-state index contributed by atoms with van der Waals surface area (Å²) < 4.78 is 14.3. The molecule has 0 amide bonds. The minimum Gasteiger partial charge on any atom is -0.207 e. The second kappa shape index (κ2) is 10.1. The number of hydrogen-bond donors (Lipinski definition) is 0. The molecule has 0 aromatic heterocycles. The molecule has 27 heavy (non-hydrogen) atoms. The van der Waals surface area contributed by atoms with E-state index in [9.17, 15) is 4.39 Å². The summed E-state index contributed by atoms with van der Waals surface area (Å²) in [5.74, 6) is 3.54. The number of aryl methyl sites for hydroxylation is 1. The van der Waals surface area contributed by atoms with Crippen molar-refractivity contribution in [2.24, 2.45) is 17.8 Å². The Balaban J connectivity index is 1.37. The standard InChI is InChI=1S/C26H41F/c1-4-25-20(3)17-24(18-26(25)27)23-15-13-22(14-16-23)8-6-5-7-21-11-9-19(2)10-12-21/h17-19,21-23H,4-16H2,1-3H3. The van der Waals surface area contributed by atoms with Crippen molar-refractivity contribution >= 4 is 0 Å². The number of halogens is 1. The summed E-state index contributed by atoms with van der Waals surface area (Å²) in [4.78, 5) is 0. The Bertz CT molecular complexity index is 551. The first-order valence-corrected chi connectivity index (χ1v) is 11.9. The molecule has 0 radical (unpaired) electrons. The van der Waals surface area contributed by atoms with Gasteiger partial charge in [0.25, 0.3) is 0 Å². The minimum absolute atomic E-state index is 0.0201. The molecule has 0 N–H and O–H groups in total. The second-order valence-corrected chi connectivity index (χ2v) is 9.78. The molecule has 152 valence electrons. The van der Waals surface area contributed by atoms with Crippen molar-refractivity contribution in [3.8, 4) is 0 Å². The van der Waals surface area contributed by atoms with Crippen LogP contribution in [0.2, 0.25) is 0 Å². The highest BCUT2D eigenvalue weighted by atomic mass is 19.1. The summed E-state index contributed by atoms with van der Waals surface area (Å²) in [6, 6.07) is 4.10. The molecule has 0 bridgehead atoms. The molecule has 1 heteroatoms. The van der Waals surface area contributed by atoms with Gasteiger partial charge in [-0.05, 0) is 85.5 Å². The van der Waals surface area contributed by atoms with Gasteiger partial charge in [-0.25, -0.2) is 4.39 Å². The van der Waals surface area contributed by atoms with E-state index in [-0.39, 0.29) is 5.82 Å². The molecule has 2 saturated carbocycles. The fraction of sp³-hybridized carbons (Fsp3) is 0.769. The molecular weight excluding hydrogens is 331 g/mol. The van der Waals surface area contributed by atoms with Crippen LogP contribution in [-0.2, 0) is 6.42 Å². The van der Waals surface area contributed by atoms with Gasteiger partial charge in [-0.15, -0.1) is 0 Å². The Morgan fingerprint density at radius 1 is 0.852 bits per heavy atom. The summed E-state index contributed by atoms with van der Waals surface area (Å²) in [5.41, 5.74) is 3.30. The van der Waals surface area contributed by atoms with Gasteiger partial charge in [0.2, 0.25) is 0 Å². The maximum atomic E-state index is 14.3. The Hall–Kier alpha value is -0.850. The van der Waals surface area contributed by atoms with Crippen molar-refractivity contribution in [2.75, 3.05) is 0 Å². The van der Waals surface area contributed by atoms with E-state index in [0.717, 1.165) is 35.3 Å². The van der Waals surface area contributed by atoms with E-state index >= 15 is 0 Å². The van der Waals surface area contributed by atoms with E-state index in [4.69, 9.17) is 0 Å². The monoisotopic (exact) mass is 372 g/mol. The van der Waals surface area contributed by atoms with E-state index in [2.05, 4.69) is 19.9 Å². The van der Waals surface area contributed by atoms with Crippen LogP contribution in [0, 0.1) is 30.5 Å². The molecule has 1 aromatic rings. The lowest BCUT2D eigenvalue weighted by Crippen LogP contribution is -2.14. The second-order valence-electron chi connectivity index (χ2n) is 9.78. The largest absolute Gasteiger partial charge is 0.207 e. The van der Waals surface area contributed by atoms with Crippen LogP contribution < -0.4 is 0 Å². The molecule has 0 nitrogen and oxygen atoms in total. The van der Waals surface area contributed by atoms with Crippen molar-refractivity contribution < 1.29 is 4.39 Å². The maximum Gasteiger partial charge on any atom is 0.126 e. The first-order chi connectivity index (χ1) is 13.1. The summed E-state index contributed by atoms with van der Waals surface area (Å²) in [7, 11) is 0. The smallest absolute Gasteiger partial charge is 0.126 e. The summed E-state index contributed by atoms with van der Waals surface area (Å²) in [5, 5.41) is 0. The van der Waals surface area contributed by atoms with E-state index in [1.54, 1.807) is 0 Å². The highest BCUT2D eigenvalue weighted by Crippen LogP contribution is 2.39. The van der Waals surface area contributed by atoms with Crippen molar-refractivity contribution in [1.29, 1.82) is 0 Å². The molecule has 3 rings (SSSR count). The van der Waals surface area contributed by atoms with Crippen molar-refractivity contribution in [1.82, 2.24) is 0 Å². The van der Waals surface area contributed by atoms with Crippen LogP contribution in [0.15, 0.2) is 12.1 Å². The minimum atomic E-state index is 0.0201. The predicted molar refractivity (Wildman–Crippen MR) is 115 cm³/mol. The van der Waals surface area contributed by atoms with Gasteiger partial charge in [0.15, 0.2) is 0 Å². The Kier molecular flexibility index (Phi) is 7.79. The third-order valence-electron chi connectivity index (χ3n) is 7.72. The molecule has 0 saturated heterocycles. The molecule has 2 aliphatic carbocycles. The zero-order chi connectivity index (χ0) is 19.2. The molecule has 0 unspecified atom stereocenters. The average Bonchev–Trinajstić information content (AvgIpc) is 2.67. The normalized spacial score (nSPS) is 29.0. The van der Waals surface area contributed by atoms with Crippen LogP contribution in [0.1, 0.15) is 114 Å². The van der Waals surface area contributed by atoms with Crippen LogP contribution in [-0.4, -0.2) is 0 Å². The van der Waals surface area contributed by atoms with Crippen molar-refractivity contribution in [2.45, 2.75) is 110 Å². The van der Waals surface area contributed by atoms with Gasteiger partial charge in [-0.3, -0.25) is 0 Å². The first-order valence-electron chi connectivity index (χ1n) is 11.9. The zero-order valence-electron chi connectivity index (χ0n) is 18.0. The van der Waals surface area contributed by atoms with E-state index in [1.807, 2.05) is 13.0 Å². The highest BCUT2D eigenvalue weighted by molar-refractivity contribution is 5.34. The fourth-order valence-electron chi connectivity index (χ4n) is 5.75. The molecule has 1 aromatic carbocycles. The molecule has 2 aliphatic rings. The van der Waals surface area contributed by atoms with Crippen LogP contribution >= 0.6 is 0 Å². The Labute approximate surface area is 167 Å². The van der Waals surface area contributed by atoms with Gasteiger partial charge in [-0.1, -0.05) is 71.3 Å².